The summed E-state index contributed by atoms with van der Waals surface area (Å²) in [5, 5.41) is 8.57. The molecular formula is C20H29N5S. The van der Waals surface area contributed by atoms with Gasteiger partial charge in [-0.2, -0.15) is 16.9 Å². The van der Waals surface area contributed by atoms with Gasteiger partial charge in [0.05, 0.1) is 6.54 Å². The lowest BCUT2D eigenvalue weighted by Gasteiger charge is -2.36. The molecule has 1 fully saturated rings. The number of guanidine groups is 1. The summed E-state index contributed by atoms with van der Waals surface area (Å²) in [4.78, 5) is 6.93. The van der Waals surface area contributed by atoms with E-state index in [4.69, 9.17) is 0 Å². The average molecular weight is 372 g/mol. The second-order valence-electron chi connectivity index (χ2n) is 6.97. The highest BCUT2D eigenvalue weighted by molar-refractivity contribution is 8.00. The molecule has 1 aliphatic heterocycles. The van der Waals surface area contributed by atoms with Crippen molar-refractivity contribution in [2.45, 2.75) is 32.2 Å². The molecule has 1 atom stereocenters. The molecule has 1 unspecified atom stereocenters. The smallest absolute Gasteiger partial charge is 0.193 e. The second-order valence-corrected chi connectivity index (χ2v) is 8.32. The topological polar surface area (TPSA) is 45.5 Å². The van der Waals surface area contributed by atoms with Crippen LogP contribution >= 0.6 is 11.8 Å². The molecule has 0 aliphatic carbocycles. The Bertz CT molecular complexity index is 711. The van der Waals surface area contributed by atoms with Crippen molar-refractivity contribution in [3.8, 4) is 0 Å². The molecular weight excluding hydrogens is 342 g/mol. The van der Waals surface area contributed by atoms with Gasteiger partial charge in [0.2, 0.25) is 0 Å². The van der Waals surface area contributed by atoms with Gasteiger partial charge in [-0.1, -0.05) is 38.1 Å². The van der Waals surface area contributed by atoms with Gasteiger partial charge in [-0.3, -0.25) is 9.67 Å². The fourth-order valence-corrected chi connectivity index (χ4v) is 4.53. The lowest BCUT2D eigenvalue weighted by atomic mass is 10.1. The summed E-state index contributed by atoms with van der Waals surface area (Å²) in [6.07, 6.45) is 3.82. The monoisotopic (exact) mass is 371 g/mol. The van der Waals surface area contributed by atoms with Crippen molar-refractivity contribution in [1.29, 1.82) is 0 Å². The molecule has 0 amide bonds. The van der Waals surface area contributed by atoms with Crippen LogP contribution in [-0.4, -0.2) is 51.8 Å². The van der Waals surface area contributed by atoms with E-state index in [0.29, 0.717) is 11.2 Å². The number of rotatable bonds is 5. The van der Waals surface area contributed by atoms with E-state index < -0.39 is 0 Å². The van der Waals surface area contributed by atoms with Crippen LogP contribution in [0.3, 0.4) is 0 Å². The summed E-state index contributed by atoms with van der Waals surface area (Å²) in [7, 11) is 1.88. The van der Waals surface area contributed by atoms with Crippen LogP contribution in [-0.2, 0) is 13.1 Å². The molecule has 1 saturated heterocycles. The van der Waals surface area contributed by atoms with E-state index in [-0.39, 0.29) is 0 Å². The van der Waals surface area contributed by atoms with Crippen LogP contribution in [0.2, 0.25) is 0 Å². The molecule has 3 rings (SSSR count). The zero-order valence-corrected chi connectivity index (χ0v) is 16.7. The molecule has 0 bridgehead atoms. The molecule has 26 heavy (non-hydrogen) atoms. The fourth-order valence-electron chi connectivity index (χ4n) is 3.23. The van der Waals surface area contributed by atoms with Gasteiger partial charge in [-0.05, 0) is 23.1 Å². The lowest BCUT2D eigenvalue weighted by Crippen LogP contribution is -2.48. The number of aliphatic imine (C=N–C) groups is 1. The van der Waals surface area contributed by atoms with Gasteiger partial charge in [0.15, 0.2) is 5.96 Å². The molecule has 1 aromatic carbocycles. The van der Waals surface area contributed by atoms with Crippen LogP contribution in [0, 0.1) is 5.92 Å². The Hall–Kier alpha value is -1.95. The van der Waals surface area contributed by atoms with Crippen LogP contribution in [0.1, 0.15) is 25.0 Å². The third-order valence-electron chi connectivity index (χ3n) is 4.80. The number of aromatic nitrogens is 2. The van der Waals surface area contributed by atoms with Crippen molar-refractivity contribution in [3.05, 3.63) is 53.9 Å². The van der Waals surface area contributed by atoms with Crippen molar-refractivity contribution >= 4 is 17.7 Å². The van der Waals surface area contributed by atoms with Crippen molar-refractivity contribution in [3.63, 3.8) is 0 Å². The summed E-state index contributed by atoms with van der Waals surface area (Å²) in [5.74, 6) is 2.86. The number of hydrogen-bond acceptors (Lipinski definition) is 3. The predicted molar refractivity (Wildman–Crippen MR) is 111 cm³/mol. The maximum Gasteiger partial charge on any atom is 0.193 e. The molecule has 1 N–H and O–H groups in total. The van der Waals surface area contributed by atoms with Crippen molar-refractivity contribution in [2.75, 3.05) is 25.9 Å². The van der Waals surface area contributed by atoms with E-state index in [0.717, 1.165) is 32.1 Å². The van der Waals surface area contributed by atoms with Gasteiger partial charge in [0.1, 0.15) is 0 Å². The molecule has 2 aromatic rings. The lowest BCUT2D eigenvalue weighted by molar-refractivity contribution is 0.380. The highest BCUT2D eigenvalue weighted by Gasteiger charge is 2.24. The van der Waals surface area contributed by atoms with Gasteiger partial charge in [-0.25, -0.2) is 0 Å². The zero-order valence-electron chi connectivity index (χ0n) is 15.9. The first-order chi connectivity index (χ1) is 12.7. The third kappa shape index (κ3) is 4.81. The molecule has 0 radical (unpaired) electrons. The van der Waals surface area contributed by atoms with E-state index in [1.807, 2.05) is 30.2 Å². The van der Waals surface area contributed by atoms with Gasteiger partial charge >= 0.3 is 0 Å². The van der Waals surface area contributed by atoms with E-state index in [1.54, 1.807) is 0 Å². The van der Waals surface area contributed by atoms with Gasteiger partial charge < -0.3 is 10.2 Å². The second kappa shape index (κ2) is 9.12. The van der Waals surface area contributed by atoms with E-state index >= 15 is 0 Å². The molecule has 1 aromatic heterocycles. The minimum Gasteiger partial charge on any atom is -0.352 e. The maximum atomic E-state index is 4.53. The summed E-state index contributed by atoms with van der Waals surface area (Å²) in [6.45, 7) is 8.31. The standard InChI is InChI=1S/C20H29N5S/c1-16(2)19-15-24(11-12-26-19)20(21-3)22-13-17-7-4-5-8-18(17)14-25-10-6-9-23-25/h4-10,16,19H,11-15H2,1-3H3,(H,21,22). The number of thioether (sulfide) groups is 1. The summed E-state index contributed by atoms with van der Waals surface area (Å²) >= 11 is 2.09. The van der Waals surface area contributed by atoms with E-state index in [2.05, 4.69) is 70.2 Å². The minimum absolute atomic E-state index is 0.675. The van der Waals surface area contributed by atoms with Crippen LogP contribution in [0.15, 0.2) is 47.7 Å². The highest BCUT2D eigenvalue weighted by Crippen LogP contribution is 2.25. The number of nitrogens with zero attached hydrogens (tertiary/aromatic N) is 4. The van der Waals surface area contributed by atoms with Crippen LogP contribution in [0.4, 0.5) is 0 Å². The van der Waals surface area contributed by atoms with Gasteiger partial charge in [0, 0.05) is 50.1 Å². The number of hydrogen-bond donors (Lipinski definition) is 1. The Balaban J connectivity index is 1.64. The number of nitrogens with one attached hydrogen (secondary N) is 1. The number of benzene rings is 1. The molecule has 0 spiro atoms. The third-order valence-corrected chi connectivity index (χ3v) is 6.34. The maximum absolute atomic E-state index is 4.53. The van der Waals surface area contributed by atoms with Crippen molar-refractivity contribution in [1.82, 2.24) is 20.0 Å². The molecule has 1 aliphatic rings. The average Bonchev–Trinajstić information content (AvgIpc) is 3.17. The highest BCUT2D eigenvalue weighted by atomic mass is 32.2. The first-order valence-electron chi connectivity index (χ1n) is 9.28. The summed E-state index contributed by atoms with van der Waals surface area (Å²) in [5.41, 5.74) is 2.57. The van der Waals surface area contributed by atoms with Crippen molar-refractivity contribution < 1.29 is 0 Å². The zero-order chi connectivity index (χ0) is 18.4. The Kier molecular flexibility index (Phi) is 6.61. The van der Waals surface area contributed by atoms with Crippen LogP contribution in [0.25, 0.3) is 0 Å². The largest absolute Gasteiger partial charge is 0.352 e. The molecule has 6 heteroatoms. The summed E-state index contributed by atoms with van der Waals surface area (Å²) in [6, 6.07) is 10.5. The predicted octanol–water partition coefficient (Wildman–Crippen LogP) is 3.08. The van der Waals surface area contributed by atoms with E-state index in [9.17, 15) is 0 Å². The quantitative estimate of drug-likeness (QED) is 0.648. The van der Waals surface area contributed by atoms with Gasteiger partial charge in [0.25, 0.3) is 0 Å². The van der Waals surface area contributed by atoms with Crippen LogP contribution in [0.5, 0.6) is 0 Å². The van der Waals surface area contributed by atoms with Crippen LogP contribution < -0.4 is 5.32 Å². The first-order valence-corrected chi connectivity index (χ1v) is 10.3. The minimum atomic E-state index is 0.675. The molecule has 2 heterocycles. The van der Waals surface area contributed by atoms with E-state index in [1.165, 1.54) is 16.9 Å². The normalized spacial score (nSPS) is 18.4. The Morgan fingerprint density at radius 3 is 2.81 bits per heavy atom. The van der Waals surface area contributed by atoms with Gasteiger partial charge in [-0.15, -0.1) is 0 Å². The molecule has 0 saturated carbocycles. The Morgan fingerprint density at radius 2 is 2.12 bits per heavy atom. The summed E-state index contributed by atoms with van der Waals surface area (Å²) < 4.78 is 1.96. The first kappa shape index (κ1) is 18.8. The Labute approximate surface area is 160 Å². The van der Waals surface area contributed by atoms with Crippen molar-refractivity contribution in [2.24, 2.45) is 10.9 Å². The molecule has 5 nitrogen and oxygen atoms in total. The fraction of sp³-hybridized carbons (Fsp3) is 0.500. The molecule has 140 valence electrons. The SMILES string of the molecule is CN=C(NCc1ccccc1Cn1cccn1)N1CCSC(C(C)C)C1. The Morgan fingerprint density at radius 1 is 1.31 bits per heavy atom.